The van der Waals surface area contributed by atoms with Gasteiger partial charge in [0.15, 0.2) is 5.76 Å². The van der Waals surface area contributed by atoms with Crippen molar-refractivity contribution in [2.75, 3.05) is 26.2 Å². The van der Waals surface area contributed by atoms with Crippen molar-refractivity contribution in [1.82, 2.24) is 4.90 Å². The number of aryl methyl sites for hydroxylation is 1. The van der Waals surface area contributed by atoms with Crippen LogP contribution in [0.1, 0.15) is 34.5 Å². The fraction of sp³-hybridized carbons (Fsp3) is 0.292. The van der Waals surface area contributed by atoms with Gasteiger partial charge < -0.3 is 9.15 Å². The Morgan fingerprint density at radius 1 is 1.11 bits per heavy atom. The fourth-order valence-corrected chi connectivity index (χ4v) is 3.49. The highest BCUT2D eigenvalue weighted by Gasteiger charge is 2.11. The number of furan rings is 1. The molecule has 2 heterocycles. The van der Waals surface area contributed by atoms with Crippen molar-refractivity contribution in [3.05, 3.63) is 71.5 Å². The van der Waals surface area contributed by atoms with Crippen LogP contribution in [0.5, 0.6) is 5.75 Å². The van der Waals surface area contributed by atoms with Crippen LogP contribution in [0, 0.1) is 6.92 Å². The number of hydrogen-bond acceptors (Lipinski definition) is 4. The molecular weight excluding hydrogens is 350 g/mol. The van der Waals surface area contributed by atoms with Crippen molar-refractivity contribution in [3.63, 3.8) is 0 Å². The molecule has 1 aliphatic heterocycles. The van der Waals surface area contributed by atoms with E-state index >= 15 is 0 Å². The molecular formula is C24H25NO3. The summed E-state index contributed by atoms with van der Waals surface area (Å²) < 4.78 is 11.5. The SMILES string of the molecule is Cc1ccc2cc(C(=O)/C=C/c3ccc(OCCN4CCCC4)cc3)oc2c1. The predicted octanol–water partition coefficient (Wildman–Crippen LogP) is 5.11. The second-order valence-electron chi connectivity index (χ2n) is 7.32. The Morgan fingerprint density at radius 2 is 1.89 bits per heavy atom. The van der Waals surface area contributed by atoms with Crippen molar-refractivity contribution in [3.8, 4) is 5.75 Å². The third-order valence-electron chi connectivity index (χ3n) is 5.10. The van der Waals surface area contributed by atoms with Gasteiger partial charge in [-0.2, -0.15) is 0 Å². The Kier molecular flexibility index (Phi) is 5.58. The highest BCUT2D eigenvalue weighted by atomic mass is 16.5. The molecule has 28 heavy (non-hydrogen) atoms. The minimum atomic E-state index is -0.139. The normalized spacial score (nSPS) is 14.9. The van der Waals surface area contributed by atoms with Gasteiger partial charge in [0, 0.05) is 11.9 Å². The zero-order valence-corrected chi connectivity index (χ0v) is 16.2. The van der Waals surface area contributed by atoms with E-state index in [1.807, 2.05) is 49.4 Å². The van der Waals surface area contributed by atoms with Crippen LogP contribution in [-0.4, -0.2) is 36.9 Å². The highest BCUT2D eigenvalue weighted by Crippen LogP contribution is 2.21. The molecule has 1 aromatic heterocycles. The number of benzene rings is 2. The van der Waals surface area contributed by atoms with E-state index in [1.54, 1.807) is 18.2 Å². The van der Waals surface area contributed by atoms with Crippen molar-refractivity contribution in [1.29, 1.82) is 0 Å². The molecule has 0 unspecified atom stereocenters. The summed E-state index contributed by atoms with van der Waals surface area (Å²) in [6, 6.07) is 15.5. The van der Waals surface area contributed by atoms with E-state index in [9.17, 15) is 4.79 Å². The summed E-state index contributed by atoms with van der Waals surface area (Å²) in [5.41, 5.74) is 2.80. The first-order chi connectivity index (χ1) is 13.7. The van der Waals surface area contributed by atoms with Gasteiger partial charge in [0.25, 0.3) is 0 Å². The Bertz CT molecular complexity index is 979. The summed E-state index contributed by atoms with van der Waals surface area (Å²) in [5, 5.41) is 0.942. The van der Waals surface area contributed by atoms with Crippen LogP contribution in [0.2, 0.25) is 0 Å². The molecule has 4 nitrogen and oxygen atoms in total. The first kappa shape index (κ1) is 18.5. The van der Waals surface area contributed by atoms with Crippen LogP contribution in [0.3, 0.4) is 0 Å². The maximum Gasteiger partial charge on any atom is 0.221 e. The van der Waals surface area contributed by atoms with Crippen LogP contribution in [-0.2, 0) is 0 Å². The molecule has 2 aromatic carbocycles. The van der Waals surface area contributed by atoms with Gasteiger partial charge in [-0.1, -0.05) is 30.3 Å². The van der Waals surface area contributed by atoms with Crippen molar-refractivity contribution < 1.29 is 13.9 Å². The minimum Gasteiger partial charge on any atom is -0.492 e. The fourth-order valence-electron chi connectivity index (χ4n) is 3.49. The molecule has 4 heteroatoms. The van der Waals surface area contributed by atoms with E-state index < -0.39 is 0 Å². The molecule has 0 saturated carbocycles. The van der Waals surface area contributed by atoms with E-state index in [1.165, 1.54) is 25.9 Å². The van der Waals surface area contributed by atoms with Gasteiger partial charge >= 0.3 is 0 Å². The van der Waals surface area contributed by atoms with Gasteiger partial charge in [-0.25, -0.2) is 0 Å². The van der Waals surface area contributed by atoms with E-state index in [0.29, 0.717) is 12.4 Å². The van der Waals surface area contributed by atoms with Gasteiger partial charge in [0.1, 0.15) is 17.9 Å². The monoisotopic (exact) mass is 375 g/mol. The summed E-state index contributed by atoms with van der Waals surface area (Å²) in [7, 11) is 0. The summed E-state index contributed by atoms with van der Waals surface area (Å²) >= 11 is 0. The lowest BCUT2D eigenvalue weighted by Crippen LogP contribution is -2.25. The predicted molar refractivity (Wildman–Crippen MR) is 112 cm³/mol. The van der Waals surface area contributed by atoms with Gasteiger partial charge in [-0.05, 0) is 74.3 Å². The zero-order valence-electron chi connectivity index (χ0n) is 16.2. The Morgan fingerprint density at radius 3 is 2.68 bits per heavy atom. The molecule has 0 bridgehead atoms. The van der Waals surface area contributed by atoms with Gasteiger partial charge in [0.2, 0.25) is 5.78 Å². The summed E-state index contributed by atoms with van der Waals surface area (Å²) in [5.74, 6) is 1.08. The maximum atomic E-state index is 12.4. The Balaban J connectivity index is 1.33. The minimum absolute atomic E-state index is 0.139. The third kappa shape index (κ3) is 4.52. The van der Waals surface area contributed by atoms with Crippen LogP contribution in [0.15, 0.2) is 59.0 Å². The van der Waals surface area contributed by atoms with Gasteiger partial charge in [-0.15, -0.1) is 0 Å². The number of carbonyl (C=O) groups is 1. The smallest absolute Gasteiger partial charge is 0.221 e. The van der Waals surface area contributed by atoms with Crippen molar-refractivity contribution in [2.45, 2.75) is 19.8 Å². The second-order valence-corrected chi connectivity index (χ2v) is 7.32. The standard InChI is InChI=1S/C24H25NO3/c1-18-4-8-20-17-24(28-23(20)16-18)22(26)11-7-19-5-9-21(10-6-19)27-15-14-25-12-2-3-13-25/h4-11,16-17H,2-3,12-15H2,1H3/b11-7+. The molecule has 0 aliphatic carbocycles. The molecule has 0 spiro atoms. The average Bonchev–Trinajstić information content (AvgIpc) is 3.36. The zero-order chi connectivity index (χ0) is 19.3. The molecule has 0 amide bonds. The molecule has 3 aromatic rings. The van der Waals surface area contributed by atoms with Crippen LogP contribution in [0.4, 0.5) is 0 Å². The lowest BCUT2D eigenvalue weighted by Gasteiger charge is -2.14. The quantitative estimate of drug-likeness (QED) is 0.425. The Labute approximate surface area is 165 Å². The van der Waals surface area contributed by atoms with Crippen LogP contribution in [0.25, 0.3) is 17.0 Å². The number of rotatable bonds is 7. The summed E-state index contributed by atoms with van der Waals surface area (Å²) in [4.78, 5) is 14.8. The molecule has 1 saturated heterocycles. The maximum absolute atomic E-state index is 12.4. The van der Waals surface area contributed by atoms with Gasteiger partial charge in [-0.3, -0.25) is 9.69 Å². The number of carbonyl (C=O) groups excluding carboxylic acids is 1. The lowest BCUT2D eigenvalue weighted by molar-refractivity contribution is 0.102. The number of allylic oxidation sites excluding steroid dienone is 1. The van der Waals surface area contributed by atoms with Gasteiger partial charge in [0.05, 0.1) is 0 Å². The largest absolute Gasteiger partial charge is 0.492 e. The topological polar surface area (TPSA) is 42.7 Å². The summed E-state index contributed by atoms with van der Waals surface area (Å²) in [6.45, 7) is 6.06. The van der Waals surface area contributed by atoms with Crippen molar-refractivity contribution in [2.24, 2.45) is 0 Å². The Hall–Kier alpha value is -2.85. The molecule has 144 valence electrons. The number of fused-ring (bicyclic) bond motifs is 1. The molecule has 0 radical (unpaired) electrons. The highest BCUT2D eigenvalue weighted by molar-refractivity contribution is 6.07. The lowest BCUT2D eigenvalue weighted by atomic mass is 10.1. The second kappa shape index (κ2) is 8.44. The average molecular weight is 375 g/mol. The van der Waals surface area contributed by atoms with Crippen LogP contribution >= 0.6 is 0 Å². The van der Waals surface area contributed by atoms with E-state index in [0.717, 1.165) is 34.4 Å². The van der Waals surface area contributed by atoms with Crippen molar-refractivity contribution >= 4 is 22.8 Å². The number of ketones is 1. The molecule has 4 rings (SSSR count). The van der Waals surface area contributed by atoms with E-state index in [-0.39, 0.29) is 5.78 Å². The first-order valence-corrected chi connectivity index (χ1v) is 9.85. The third-order valence-corrected chi connectivity index (χ3v) is 5.10. The number of hydrogen-bond donors (Lipinski definition) is 0. The molecule has 0 atom stereocenters. The molecule has 1 fully saturated rings. The number of ether oxygens (including phenoxy) is 1. The molecule has 0 N–H and O–H groups in total. The molecule has 1 aliphatic rings. The van der Waals surface area contributed by atoms with Crippen LogP contribution < -0.4 is 4.74 Å². The number of nitrogens with zero attached hydrogens (tertiary/aromatic N) is 1. The first-order valence-electron chi connectivity index (χ1n) is 9.85. The van der Waals surface area contributed by atoms with E-state index in [4.69, 9.17) is 9.15 Å². The number of likely N-dealkylation sites (tertiary alicyclic amines) is 1. The summed E-state index contributed by atoms with van der Waals surface area (Å²) in [6.07, 6.45) is 5.95. The van der Waals surface area contributed by atoms with E-state index in [2.05, 4.69) is 4.90 Å².